The maximum Gasteiger partial charge on any atom is 0.278 e. The van der Waals surface area contributed by atoms with E-state index in [4.69, 9.17) is 0 Å². The maximum absolute atomic E-state index is 15.4. The third-order valence-corrected chi connectivity index (χ3v) is 10.9. The normalized spacial score (nSPS) is 20.4. The summed E-state index contributed by atoms with van der Waals surface area (Å²) in [7, 11) is 0.368. The molecule has 2 heterocycles. The number of sulfonamides is 1. The molecule has 0 amide bonds. The van der Waals surface area contributed by atoms with Crippen LogP contribution in [0.25, 0.3) is 22.4 Å². The molecule has 0 spiro atoms. The Labute approximate surface area is 263 Å². The number of hydrogen-bond acceptors (Lipinski definition) is 8. The van der Waals surface area contributed by atoms with E-state index in [-0.39, 0.29) is 29.0 Å². The van der Waals surface area contributed by atoms with Gasteiger partial charge in [-0.3, -0.25) is 14.1 Å². The fourth-order valence-corrected chi connectivity index (χ4v) is 8.03. The van der Waals surface area contributed by atoms with Gasteiger partial charge < -0.3 is 10.2 Å². The molecule has 2 aromatic carbocycles. The van der Waals surface area contributed by atoms with Crippen molar-refractivity contribution in [3.8, 4) is 11.3 Å². The number of anilines is 2. The van der Waals surface area contributed by atoms with Gasteiger partial charge in [0.15, 0.2) is 5.65 Å². The highest BCUT2D eigenvalue weighted by Crippen LogP contribution is 2.29. The second-order valence-electron chi connectivity index (χ2n) is 12.7. The smallest absolute Gasteiger partial charge is 0.278 e. The summed E-state index contributed by atoms with van der Waals surface area (Å²) < 4.78 is 45.9. The summed E-state index contributed by atoms with van der Waals surface area (Å²) in [5.41, 5.74) is 2.65. The van der Waals surface area contributed by atoms with E-state index < -0.39 is 26.6 Å². The van der Waals surface area contributed by atoms with Crippen molar-refractivity contribution < 1.29 is 12.8 Å². The molecule has 2 aliphatic rings. The molecule has 0 aliphatic heterocycles. The number of aryl methyl sites for hydroxylation is 1. The Bertz CT molecular complexity index is 1890. The summed E-state index contributed by atoms with van der Waals surface area (Å²) in [4.78, 5) is 29.7. The molecule has 2 aromatic heterocycles. The van der Waals surface area contributed by atoms with Crippen LogP contribution in [0.1, 0.15) is 63.1 Å². The Morgan fingerprint density at radius 1 is 1.00 bits per heavy atom. The Morgan fingerprint density at radius 3 is 2.42 bits per heavy atom. The van der Waals surface area contributed by atoms with Gasteiger partial charge in [0.25, 0.3) is 5.56 Å². The SMILES string of the molecule is CC(C)n1c(=O)c(-c2ccc(NS(=O)(=O)C3CCc4ccccc4C3)c(F)c2)nc2cnc(NC3CCC(N(C)C)CC3)nc21. The van der Waals surface area contributed by atoms with E-state index in [0.29, 0.717) is 42.4 Å². The maximum atomic E-state index is 15.4. The van der Waals surface area contributed by atoms with Gasteiger partial charge in [-0.05, 0) is 96.1 Å². The van der Waals surface area contributed by atoms with Crippen LogP contribution < -0.4 is 15.6 Å². The number of aromatic nitrogens is 4. The molecule has 0 radical (unpaired) electrons. The average molecular weight is 634 g/mol. The second-order valence-corrected chi connectivity index (χ2v) is 14.7. The van der Waals surface area contributed by atoms with Gasteiger partial charge in [-0.2, -0.15) is 4.98 Å². The quantitative estimate of drug-likeness (QED) is 0.273. The van der Waals surface area contributed by atoms with E-state index in [1.165, 1.54) is 12.1 Å². The van der Waals surface area contributed by atoms with Gasteiger partial charge in [0.2, 0.25) is 16.0 Å². The molecule has 238 valence electrons. The predicted molar refractivity (Wildman–Crippen MR) is 176 cm³/mol. The summed E-state index contributed by atoms with van der Waals surface area (Å²) in [6, 6.07) is 12.4. The zero-order chi connectivity index (χ0) is 31.9. The first-order valence-electron chi connectivity index (χ1n) is 15.6. The molecule has 12 heteroatoms. The largest absolute Gasteiger partial charge is 0.351 e. The highest BCUT2D eigenvalue weighted by Gasteiger charge is 2.30. The van der Waals surface area contributed by atoms with Crippen LogP contribution in [-0.2, 0) is 22.9 Å². The lowest BCUT2D eigenvalue weighted by molar-refractivity contribution is 0.221. The summed E-state index contributed by atoms with van der Waals surface area (Å²) >= 11 is 0. The molecule has 2 aliphatic carbocycles. The van der Waals surface area contributed by atoms with E-state index >= 15 is 4.39 Å². The Kier molecular flexibility index (Phi) is 8.62. The van der Waals surface area contributed by atoms with E-state index in [1.807, 2.05) is 38.1 Å². The molecule has 0 bridgehead atoms. The molecule has 2 N–H and O–H groups in total. The van der Waals surface area contributed by atoms with Gasteiger partial charge in [0.05, 0.1) is 17.1 Å². The average Bonchev–Trinajstić information content (AvgIpc) is 3.01. The Morgan fingerprint density at radius 2 is 1.73 bits per heavy atom. The first-order chi connectivity index (χ1) is 21.5. The summed E-state index contributed by atoms with van der Waals surface area (Å²) in [6.45, 7) is 3.76. The first-order valence-corrected chi connectivity index (χ1v) is 17.2. The highest BCUT2D eigenvalue weighted by atomic mass is 32.2. The lowest BCUT2D eigenvalue weighted by atomic mass is 9.91. The number of benzene rings is 2. The number of halogens is 1. The van der Waals surface area contributed by atoms with Gasteiger partial charge in [-0.15, -0.1) is 0 Å². The summed E-state index contributed by atoms with van der Waals surface area (Å²) in [5, 5.41) is 2.77. The van der Waals surface area contributed by atoms with Crippen molar-refractivity contribution in [2.75, 3.05) is 24.1 Å². The van der Waals surface area contributed by atoms with Crippen molar-refractivity contribution >= 4 is 32.8 Å². The van der Waals surface area contributed by atoms with Crippen molar-refractivity contribution in [2.24, 2.45) is 0 Å². The third kappa shape index (κ3) is 6.44. The minimum atomic E-state index is -3.85. The molecule has 0 saturated heterocycles. The molecule has 6 rings (SSSR count). The van der Waals surface area contributed by atoms with Crippen LogP contribution in [0.5, 0.6) is 0 Å². The van der Waals surface area contributed by atoms with E-state index in [1.54, 1.807) is 10.8 Å². The highest BCUT2D eigenvalue weighted by molar-refractivity contribution is 7.93. The predicted octanol–water partition coefficient (Wildman–Crippen LogP) is 5.16. The van der Waals surface area contributed by atoms with Crippen LogP contribution >= 0.6 is 0 Å². The standard InChI is InChI=1S/C33H40FN7O3S/c1-20(2)41-31-29(19-35-33(38-31)36-24-11-13-25(14-12-24)40(3)4)37-30(32(41)42)23-10-16-28(27(34)18-23)39-45(43,44)26-15-9-21-7-5-6-8-22(21)17-26/h5-8,10,16,18-20,24-26,39H,9,11-15,17H2,1-4H3,(H,35,36,38). The zero-order valence-electron chi connectivity index (χ0n) is 26.1. The van der Waals surface area contributed by atoms with Crippen molar-refractivity contribution in [3.05, 3.63) is 76.0 Å². The Hall–Kier alpha value is -3.90. The second kappa shape index (κ2) is 12.5. The summed E-state index contributed by atoms with van der Waals surface area (Å²) in [6.07, 6.45) is 7.25. The van der Waals surface area contributed by atoms with Gasteiger partial charge in [0.1, 0.15) is 17.0 Å². The molecule has 1 unspecified atom stereocenters. The number of nitrogens with one attached hydrogen (secondary N) is 2. The van der Waals surface area contributed by atoms with Crippen LogP contribution in [0.3, 0.4) is 0 Å². The molecule has 1 saturated carbocycles. The number of nitrogens with zero attached hydrogens (tertiary/aromatic N) is 5. The summed E-state index contributed by atoms with van der Waals surface area (Å²) in [5.74, 6) is -0.340. The number of fused-ring (bicyclic) bond motifs is 2. The lowest BCUT2D eigenvalue weighted by Crippen LogP contribution is -2.36. The van der Waals surface area contributed by atoms with Crippen LogP contribution in [0.2, 0.25) is 0 Å². The van der Waals surface area contributed by atoms with Gasteiger partial charge in [0, 0.05) is 23.7 Å². The van der Waals surface area contributed by atoms with Crippen LogP contribution in [0.4, 0.5) is 16.0 Å². The minimum Gasteiger partial charge on any atom is -0.351 e. The molecule has 10 nitrogen and oxygen atoms in total. The first kappa shape index (κ1) is 31.1. The number of hydrogen-bond donors (Lipinski definition) is 2. The van der Waals surface area contributed by atoms with Gasteiger partial charge >= 0.3 is 0 Å². The van der Waals surface area contributed by atoms with Crippen LogP contribution in [0.15, 0.2) is 53.5 Å². The fraction of sp³-hybridized carbons (Fsp3) is 0.455. The van der Waals surface area contributed by atoms with E-state index in [2.05, 4.69) is 44.0 Å². The third-order valence-electron chi connectivity index (χ3n) is 9.14. The van der Waals surface area contributed by atoms with E-state index in [9.17, 15) is 13.2 Å². The van der Waals surface area contributed by atoms with Crippen LogP contribution in [0, 0.1) is 5.82 Å². The molecule has 4 aromatic rings. The fourth-order valence-electron chi connectivity index (χ4n) is 6.57. The van der Waals surface area contributed by atoms with Crippen molar-refractivity contribution in [1.82, 2.24) is 24.4 Å². The molecule has 1 atom stereocenters. The minimum absolute atomic E-state index is 0.0414. The molecular formula is C33H40FN7O3S. The van der Waals surface area contributed by atoms with Crippen molar-refractivity contribution in [1.29, 1.82) is 0 Å². The zero-order valence-corrected chi connectivity index (χ0v) is 26.9. The van der Waals surface area contributed by atoms with E-state index in [0.717, 1.165) is 42.9 Å². The monoisotopic (exact) mass is 633 g/mol. The van der Waals surface area contributed by atoms with Crippen molar-refractivity contribution in [3.63, 3.8) is 0 Å². The topological polar surface area (TPSA) is 122 Å². The number of rotatable bonds is 8. The molecular weight excluding hydrogens is 593 g/mol. The lowest BCUT2D eigenvalue weighted by Gasteiger charge is -2.32. The molecule has 45 heavy (non-hydrogen) atoms. The van der Waals surface area contributed by atoms with Gasteiger partial charge in [-0.1, -0.05) is 30.3 Å². The van der Waals surface area contributed by atoms with Crippen LogP contribution in [-0.4, -0.2) is 64.3 Å². The molecule has 1 fully saturated rings. The van der Waals surface area contributed by atoms with Gasteiger partial charge in [-0.25, -0.2) is 22.8 Å². The van der Waals surface area contributed by atoms with Crippen molar-refractivity contribution in [2.45, 2.75) is 82.2 Å². The Balaban J connectivity index is 1.24.